The lowest BCUT2D eigenvalue weighted by atomic mass is 10.00. The number of guanidine groups is 1. The average molecular weight is 569 g/mol. The van der Waals surface area contributed by atoms with E-state index in [1.807, 2.05) is 11.9 Å². The first-order valence-corrected chi connectivity index (χ1v) is 12.4. The molecule has 2 fully saturated rings. The van der Waals surface area contributed by atoms with Crippen molar-refractivity contribution in [3.05, 3.63) is 35.4 Å². The van der Waals surface area contributed by atoms with Crippen molar-refractivity contribution in [1.82, 2.24) is 24.9 Å². The van der Waals surface area contributed by atoms with E-state index in [-0.39, 0.29) is 30.0 Å². The van der Waals surface area contributed by atoms with Crippen LogP contribution in [-0.2, 0) is 17.8 Å². The fraction of sp³-hybridized carbons (Fsp3) is 0.680. The third-order valence-corrected chi connectivity index (χ3v) is 7.29. The molecule has 3 aliphatic heterocycles. The number of carbonyl (C=O) groups excluding carboxylic acids is 1. The zero-order valence-electron chi connectivity index (χ0n) is 20.3. The molecule has 0 bridgehead atoms. The summed E-state index contributed by atoms with van der Waals surface area (Å²) in [6.07, 6.45) is 4.58. The summed E-state index contributed by atoms with van der Waals surface area (Å²) in [4.78, 5) is 26.5. The molecule has 4 rings (SSSR count). The Morgan fingerprint density at radius 1 is 1.00 bits per heavy atom. The Morgan fingerprint density at radius 2 is 1.70 bits per heavy atom. The Hall–Kier alpha value is -1.39. The van der Waals surface area contributed by atoms with E-state index in [1.165, 1.54) is 11.1 Å². The third kappa shape index (κ3) is 6.82. The van der Waals surface area contributed by atoms with Gasteiger partial charge in [0.2, 0.25) is 5.91 Å². The summed E-state index contributed by atoms with van der Waals surface area (Å²) in [5.41, 5.74) is 3.00. The van der Waals surface area contributed by atoms with Crippen LogP contribution in [0.1, 0.15) is 37.3 Å². The maximum Gasteiger partial charge on any atom is 0.239 e. The number of hydrogen-bond donors (Lipinski definition) is 1. The maximum atomic E-state index is 12.7. The number of amides is 1. The van der Waals surface area contributed by atoms with Gasteiger partial charge in [0.1, 0.15) is 0 Å². The van der Waals surface area contributed by atoms with Crippen molar-refractivity contribution in [1.29, 1.82) is 0 Å². The molecular formula is C25H41IN6O. The van der Waals surface area contributed by atoms with Gasteiger partial charge in [-0.05, 0) is 43.7 Å². The van der Waals surface area contributed by atoms with Gasteiger partial charge in [-0.1, -0.05) is 24.3 Å². The number of nitrogens with zero attached hydrogens (tertiary/aromatic N) is 5. The molecule has 0 radical (unpaired) electrons. The smallest absolute Gasteiger partial charge is 0.239 e. The Bertz CT molecular complexity index is 789. The Kier molecular flexibility index (Phi) is 10.2. The molecule has 1 unspecified atom stereocenters. The number of piperazine rings is 1. The Labute approximate surface area is 216 Å². The molecule has 1 atom stereocenters. The zero-order chi connectivity index (χ0) is 22.3. The normalized spacial score (nSPS) is 20.8. The van der Waals surface area contributed by atoms with Gasteiger partial charge in [0.05, 0.1) is 6.04 Å². The largest absolute Gasteiger partial charge is 0.356 e. The van der Waals surface area contributed by atoms with Crippen molar-refractivity contribution < 1.29 is 4.79 Å². The first kappa shape index (κ1) is 26.2. The number of likely N-dealkylation sites (tertiary alicyclic amines) is 1. The van der Waals surface area contributed by atoms with E-state index in [9.17, 15) is 4.79 Å². The van der Waals surface area contributed by atoms with Crippen LogP contribution in [0.4, 0.5) is 0 Å². The molecule has 0 spiro atoms. The molecule has 1 aromatic rings. The molecule has 1 aromatic carbocycles. The number of benzene rings is 1. The molecule has 33 heavy (non-hydrogen) atoms. The monoisotopic (exact) mass is 568 g/mol. The van der Waals surface area contributed by atoms with Crippen molar-refractivity contribution in [2.75, 3.05) is 66.0 Å². The van der Waals surface area contributed by atoms with Crippen molar-refractivity contribution in [3.63, 3.8) is 0 Å². The highest BCUT2D eigenvalue weighted by atomic mass is 127. The number of aliphatic imine (C=N–C) groups is 1. The zero-order valence-corrected chi connectivity index (χ0v) is 22.7. The van der Waals surface area contributed by atoms with E-state index in [2.05, 4.69) is 56.2 Å². The number of halogens is 1. The lowest BCUT2D eigenvalue weighted by Gasteiger charge is -2.39. The molecule has 7 nitrogen and oxygen atoms in total. The van der Waals surface area contributed by atoms with Crippen molar-refractivity contribution in [3.8, 4) is 0 Å². The van der Waals surface area contributed by atoms with Crippen LogP contribution < -0.4 is 5.32 Å². The quantitative estimate of drug-likeness (QED) is 0.247. The maximum absolute atomic E-state index is 12.7. The Morgan fingerprint density at radius 3 is 2.39 bits per heavy atom. The van der Waals surface area contributed by atoms with E-state index < -0.39 is 0 Å². The van der Waals surface area contributed by atoms with Crippen LogP contribution in [0.15, 0.2) is 29.3 Å². The summed E-state index contributed by atoms with van der Waals surface area (Å²) in [5, 5.41) is 3.57. The molecule has 2 saturated heterocycles. The second-order valence-electron chi connectivity index (χ2n) is 9.35. The minimum Gasteiger partial charge on any atom is -0.356 e. The molecule has 184 valence electrons. The number of carbonyl (C=O) groups is 1. The average Bonchev–Trinajstić information content (AvgIpc) is 3.38. The van der Waals surface area contributed by atoms with E-state index in [4.69, 9.17) is 0 Å². The van der Waals surface area contributed by atoms with Crippen LogP contribution in [-0.4, -0.2) is 103 Å². The van der Waals surface area contributed by atoms with E-state index in [1.54, 1.807) is 0 Å². The Balaban J connectivity index is 0.00000306. The van der Waals surface area contributed by atoms with Crippen LogP contribution in [0.25, 0.3) is 0 Å². The van der Waals surface area contributed by atoms with Gasteiger partial charge in [0, 0.05) is 72.5 Å². The highest BCUT2D eigenvalue weighted by molar-refractivity contribution is 14.0. The molecule has 1 amide bonds. The van der Waals surface area contributed by atoms with Crippen LogP contribution in [0.3, 0.4) is 0 Å². The lowest BCUT2D eigenvalue weighted by Crippen LogP contribution is -2.57. The second-order valence-corrected chi connectivity index (χ2v) is 9.35. The third-order valence-electron chi connectivity index (χ3n) is 7.29. The van der Waals surface area contributed by atoms with Gasteiger partial charge in [-0.15, -0.1) is 24.0 Å². The standard InChI is InChI=1S/C25H40N6O.HI/c1-21(24(32)30-13-5-6-14-30)29-16-18-31(19-17-29)25(26-2)27-11-7-12-28-15-10-22-8-3-4-9-23(22)20-28;/h3-4,8-9,21H,5-7,10-20H2,1-2H3,(H,26,27);1H. The van der Waals surface area contributed by atoms with E-state index in [0.29, 0.717) is 5.91 Å². The molecule has 8 heteroatoms. The van der Waals surface area contributed by atoms with Gasteiger partial charge >= 0.3 is 0 Å². The fourth-order valence-corrected chi connectivity index (χ4v) is 5.26. The summed E-state index contributed by atoms with van der Waals surface area (Å²) < 4.78 is 0. The molecular weight excluding hydrogens is 527 g/mol. The van der Waals surface area contributed by atoms with Crippen LogP contribution in [0.5, 0.6) is 0 Å². The molecule has 1 N–H and O–H groups in total. The van der Waals surface area contributed by atoms with Gasteiger partial charge in [-0.3, -0.25) is 19.6 Å². The van der Waals surface area contributed by atoms with Gasteiger partial charge < -0.3 is 15.1 Å². The molecule has 3 aliphatic rings. The van der Waals surface area contributed by atoms with E-state index in [0.717, 1.165) is 97.1 Å². The minimum atomic E-state index is -0.0140. The highest BCUT2D eigenvalue weighted by Gasteiger charge is 2.30. The number of fused-ring (bicyclic) bond motifs is 1. The summed E-state index contributed by atoms with van der Waals surface area (Å²) in [7, 11) is 1.87. The summed E-state index contributed by atoms with van der Waals surface area (Å²) in [5.74, 6) is 1.30. The predicted molar refractivity (Wildman–Crippen MR) is 145 cm³/mol. The summed E-state index contributed by atoms with van der Waals surface area (Å²) in [6.45, 7) is 11.9. The van der Waals surface area contributed by atoms with Crippen molar-refractivity contribution in [2.24, 2.45) is 4.99 Å². The lowest BCUT2D eigenvalue weighted by molar-refractivity contribution is -0.135. The number of rotatable bonds is 6. The van der Waals surface area contributed by atoms with Gasteiger partial charge in [-0.2, -0.15) is 0 Å². The van der Waals surface area contributed by atoms with Crippen molar-refractivity contribution in [2.45, 2.75) is 45.2 Å². The second kappa shape index (κ2) is 12.9. The highest BCUT2D eigenvalue weighted by Crippen LogP contribution is 2.18. The fourth-order valence-electron chi connectivity index (χ4n) is 5.26. The van der Waals surface area contributed by atoms with Gasteiger partial charge in [0.25, 0.3) is 0 Å². The first-order valence-electron chi connectivity index (χ1n) is 12.4. The predicted octanol–water partition coefficient (Wildman–Crippen LogP) is 2.26. The SMILES string of the molecule is CN=C(NCCCN1CCc2ccccc2C1)N1CCN(C(C)C(=O)N2CCCC2)CC1.I. The van der Waals surface area contributed by atoms with Crippen molar-refractivity contribution >= 4 is 35.8 Å². The topological polar surface area (TPSA) is 54.4 Å². The first-order chi connectivity index (χ1) is 15.7. The summed E-state index contributed by atoms with van der Waals surface area (Å²) >= 11 is 0. The van der Waals surface area contributed by atoms with Gasteiger partial charge in [0.15, 0.2) is 5.96 Å². The molecule has 0 aromatic heterocycles. The molecule has 0 aliphatic carbocycles. The molecule has 0 saturated carbocycles. The van der Waals surface area contributed by atoms with Crippen LogP contribution in [0.2, 0.25) is 0 Å². The van der Waals surface area contributed by atoms with Gasteiger partial charge in [-0.25, -0.2) is 0 Å². The number of hydrogen-bond acceptors (Lipinski definition) is 4. The van der Waals surface area contributed by atoms with Crippen LogP contribution >= 0.6 is 24.0 Å². The molecule has 3 heterocycles. The van der Waals surface area contributed by atoms with E-state index >= 15 is 0 Å². The van der Waals surface area contributed by atoms with Crippen LogP contribution in [0, 0.1) is 0 Å². The minimum absolute atomic E-state index is 0. The summed E-state index contributed by atoms with van der Waals surface area (Å²) in [6, 6.07) is 8.81. The number of nitrogens with one attached hydrogen (secondary N) is 1.